The molecule has 1 aromatic carbocycles. The van der Waals surface area contributed by atoms with Gasteiger partial charge in [-0.05, 0) is 25.5 Å². The van der Waals surface area contributed by atoms with Gasteiger partial charge in [-0.1, -0.05) is 36.7 Å². The van der Waals surface area contributed by atoms with E-state index in [2.05, 4.69) is 10.3 Å². The minimum Gasteiger partial charge on any atom is -0.452 e. The van der Waals surface area contributed by atoms with Crippen LogP contribution in [0.5, 0.6) is 0 Å². The summed E-state index contributed by atoms with van der Waals surface area (Å²) in [6.45, 7) is 3.52. The lowest BCUT2D eigenvalue weighted by Gasteiger charge is -2.12. The van der Waals surface area contributed by atoms with Gasteiger partial charge in [-0.15, -0.1) is 0 Å². The van der Waals surface area contributed by atoms with Crippen LogP contribution < -0.4 is 5.32 Å². The number of halogens is 1. The zero-order valence-electron chi connectivity index (χ0n) is 12.4. The minimum absolute atomic E-state index is 0.0439. The normalized spacial score (nSPS) is 12.0. The topological polar surface area (TPSA) is 68.3 Å². The van der Waals surface area contributed by atoms with Crippen molar-refractivity contribution in [1.29, 1.82) is 0 Å². The third kappa shape index (κ3) is 3.95. The number of nitrogens with zero attached hydrogens (tertiary/aromatic N) is 1. The van der Waals surface area contributed by atoms with E-state index in [1.807, 2.05) is 13.8 Å². The Morgan fingerprint density at radius 3 is 2.82 bits per heavy atom. The van der Waals surface area contributed by atoms with Crippen LogP contribution in [-0.4, -0.2) is 29.5 Å². The van der Waals surface area contributed by atoms with E-state index < -0.39 is 5.97 Å². The number of pyridine rings is 1. The van der Waals surface area contributed by atoms with Crippen molar-refractivity contribution in [2.24, 2.45) is 0 Å². The first-order chi connectivity index (χ1) is 10.5. The third-order valence-corrected chi connectivity index (χ3v) is 3.45. The van der Waals surface area contributed by atoms with E-state index in [4.69, 9.17) is 16.3 Å². The standard InChI is InChI=1S/C16H17ClN2O3/c1-3-10(2)18-15(20)9-22-16(21)12-8-14(17)19-13-7-5-4-6-11(12)13/h4-8,10H,3,9H2,1-2H3,(H,18,20)/t10-/m1/s1. The highest BCUT2D eigenvalue weighted by atomic mass is 35.5. The predicted octanol–water partition coefficient (Wildman–Crippen LogP) is 2.96. The smallest absolute Gasteiger partial charge is 0.339 e. The Morgan fingerprint density at radius 2 is 2.09 bits per heavy atom. The molecule has 0 bridgehead atoms. The van der Waals surface area contributed by atoms with Gasteiger partial charge in [0.1, 0.15) is 5.15 Å². The second kappa shape index (κ2) is 7.22. The fraction of sp³-hybridized carbons (Fsp3) is 0.312. The molecule has 1 heterocycles. The zero-order valence-corrected chi connectivity index (χ0v) is 13.2. The van der Waals surface area contributed by atoms with Gasteiger partial charge in [-0.2, -0.15) is 0 Å². The summed E-state index contributed by atoms with van der Waals surface area (Å²) in [5.41, 5.74) is 0.901. The van der Waals surface area contributed by atoms with E-state index in [0.29, 0.717) is 16.5 Å². The number of carbonyl (C=O) groups excluding carboxylic acids is 2. The van der Waals surface area contributed by atoms with Gasteiger partial charge >= 0.3 is 5.97 Å². The molecule has 0 spiro atoms. The van der Waals surface area contributed by atoms with Gasteiger partial charge in [0.2, 0.25) is 0 Å². The molecule has 116 valence electrons. The SMILES string of the molecule is CC[C@@H](C)NC(=O)COC(=O)c1cc(Cl)nc2ccccc12. The molecule has 1 atom stereocenters. The van der Waals surface area contributed by atoms with Gasteiger partial charge in [0.05, 0.1) is 11.1 Å². The molecule has 0 aliphatic heterocycles. The maximum atomic E-state index is 12.2. The van der Waals surface area contributed by atoms with Crippen LogP contribution in [0.2, 0.25) is 5.15 Å². The maximum absolute atomic E-state index is 12.2. The molecule has 1 amide bonds. The average molecular weight is 321 g/mol. The number of nitrogens with one attached hydrogen (secondary N) is 1. The summed E-state index contributed by atoms with van der Waals surface area (Å²) >= 11 is 5.92. The summed E-state index contributed by atoms with van der Waals surface area (Å²) in [5, 5.41) is 3.57. The van der Waals surface area contributed by atoms with Crippen molar-refractivity contribution in [2.45, 2.75) is 26.3 Å². The number of amides is 1. The van der Waals surface area contributed by atoms with Crippen molar-refractivity contribution in [3.8, 4) is 0 Å². The Kier molecular flexibility index (Phi) is 5.33. The molecule has 0 unspecified atom stereocenters. The number of rotatable bonds is 5. The number of fused-ring (bicyclic) bond motifs is 1. The van der Waals surface area contributed by atoms with Crippen LogP contribution in [-0.2, 0) is 9.53 Å². The van der Waals surface area contributed by atoms with Gasteiger partial charge in [0, 0.05) is 11.4 Å². The Labute approximate surface area is 133 Å². The molecule has 0 aliphatic rings. The summed E-state index contributed by atoms with van der Waals surface area (Å²) in [4.78, 5) is 28.0. The fourth-order valence-corrected chi connectivity index (χ4v) is 2.14. The van der Waals surface area contributed by atoms with Crippen molar-refractivity contribution in [1.82, 2.24) is 10.3 Å². The van der Waals surface area contributed by atoms with Crippen LogP contribution in [0.15, 0.2) is 30.3 Å². The van der Waals surface area contributed by atoms with E-state index in [1.54, 1.807) is 24.3 Å². The van der Waals surface area contributed by atoms with Crippen molar-refractivity contribution in [3.63, 3.8) is 0 Å². The Morgan fingerprint density at radius 1 is 1.36 bits per heavy atom. The molecular weight excluding hydrogens is 304 g/mol. The van der Waals surface area contributed by atoms with Crippen molar-refractivity contribution < 1.29 is 14.3 Å². The summed E-state index contributed by atoms with van der Waals surface area (Å²) in [5.74, 6) is -0.924. The average Bonchev–Trinajstić information content (AvgIpc) is 2.51. The van der Waals surface area contributed by atoms with E-state index in [0.717, 1.165) is 6.42 Å². The monoisotopic (exact) mass is 320 g/mol. The number of para-hydroxylation sites is 1. The van der Waals surface area contributed by atoms with Gasteiger partial charge in [-0.3, -0.25) is 4.79 Å². The second-order valence-corrected chi connectivity index (χ2v) is 5.35. The van der Waals surface area contributed by atoms with E-state index >= 15 is 0 Å². The number of benzene rings is 1. The molecule has 0 saturated heterocycles. The van der Waals surface area contributed by atoms with Crippen LogP contribution in [0.4, 0.5) is 0 Å². The first-order valence-corrected chi connectivity index (χ1v) is 7.40. The van der Waals surface area contributed by atoms with Crippen LogP contribution in [0.1, 0.15) is 30.6 Å². The van der Waals surface area contributed by atoms with Crippen LogP contribution in [0.25, 0.3) is 10.9 Å². The predicted molar refractivity (Wildman–Crippen MR) is 84.9 cm³/mol. The Hall–Kier alpha value is -2.14. The summed E-state index contributed by atoms with van der Waals surface area (Å²) in [7, 11) is 0. The lowest BCUT2D eigenvalue weighted by atomic mass is 10.1. The minimum atomic E-state index is -0.597. The highest BCUT2D eigenvalue weighted by Gasteiger charge is 2.15. The molecule has 1 aromatic heterocycles. The first kappa shape index (κ1) is 16.2. The van der Waals surface area contributed by atoms with Gasteiger partial charge in [0.25, 0.3) is 5.91 Å². The summed E-state index contributed by atoms with van der Waals surface area (Å²) in [6, 6.07) is 8.61. The zero-order chi connectivity index (χ0) is 16.1. The third-order valence-electron chi connectivity index (χ3n) is 3.26. The highest BCUT2D eigenvalue weighted by molar-refractivity contribution is 6.30. The van der Waals surface area contributed by atoms with Crippen LogP contribution in [0.3, 0.4) is 0 Å². The maximum Gasteiger partial charge on any atom is 0.339 e. The van der Waals surface area contributed by atoms with Crippen molar-refractivity contribution in [2.75, 3.05) is 6.61 Å². The molecule has 0 saturated carbocycles. The molecule has 0 fully saturated rings. The second-order valence-electron chi connectivity index (χ2n) is 4.96. The number of hydrogen-bond donors (Lipinski definition) is 1. The summed E-state index contributed by atoms with van der Waals surface area (Å²) in [6.07, 6.45) is 0.810. The Bertz CT molecular complexity index is 703. The molecular formula is C16H17ClN2O3. The number of hydrogen-bond acceptors (Lipinski definition) is 4. The largest absolute Gasteiger partial charge is 0.452 e. The van der Waals surface area contributed by atoms with Gasteiger partial charge < -0.3 is 10.1 Å². The van der Waals surface area contributed by atoms with Gasteiger partial charge in [0.15, 0.2) is 6.61 Å². The van der Waals surface area contributed by atoms with Crippen LogP contribution in [0, 0.1) is 0 Å². The van der Waals surface area contributed by atoms with E-state index in [-0.39, 0.29) is 23.7 Å². The Balaban J connectivity index is 2.12. The molecule has 2 aromatic rings. The molecule has 5 nitrogen and oxygen atoms in total. The van der Waals surface area contributed by atoms with E-state index in [9.17, 15) is 9.59 Å². The number of carbonyl (C=O) groups is 2. The molecule has 22 heavy (non-hydrogen) atoms. The lowest BCUT2D eigenvalue weighted by Crippen LogP contribution is -2.35. The number of aromatic nitrogens is 1. The van der Waals surface area contributed by atoms with Crippen LogP contribution >= 0.6 is 11.6 Å². The lowest BCUT2D eigenvalue weighted by molar-refractivity contribution is -0.124. The number of esters is 1. The summed E-state index contributed by atoms with van der Waals surface area (Å²) < 4.78 is 5.06. The first-order valence-electron chi connectivity index (χ1n) is 7.03. The molecule has 2 rings (SSSR count). The quantitative estimate of drug-likeness (QED) is 0.679. The molecule has 6 heteroatoms. The molecule has 0 aliphatic carbocycles. The molecule has 1 N–H and O–H groups in total. The fourth-order valence-electron chi connectivity index (χ4n) is 1.94. The van der Waals surface area contributed by atoms with E-state index in [1.165, 1.54) is 6.07 Å². The van der Waals surface area contributed by atoms with Gasteiger partial charge in [-0.25, -0.2) is 9.78 Å². The number of ether oxygens (including phenoxy) is 1. The van der Waals surface area contributed by atoms with Crippen molar-refractivity contribution >= 4 is 34.4 Å². The molecule has 0 radical (unpaired) electrons. The van der Waals surface area contributed by atoms with Crippen molar-refractivity contribution in [3.05, 3.63) is 41.0 Å². The highest BCUT2D eigenvalue weighted by Crippen LogP contribution is 2.21.